The molecule has 22 heavy (non-hydrogen) atoms. The van der Waals surface area contributed by atoms with Crippen LogP contribution in [-0.4, -0.2) is 31.1 Å². The van der Waals surface area contributed by atoms with Gasteiger partial charge in [-0.15, -0.1) is 11.3 Å². The van der Waals surface area contributed by atoms with Crippen LogP contribution >= 0.6 is 11.3 Å². The van der Waals surface area contributed by atoms with E-state index in [0.717, 1.165) is 42.9 Å². The zero-order valence-electron chi connectivity index (χ0n) is 12.5. The highest BCUT2D eigenvalue weighted by Gasteiger charge is 2.17. The van der Waals surface area contributed by atoms with Crippen LogP contribution in [0.3, 0.4) is 0 Å². The van der Waals surface area contributed by atoms with E-state index in [4.69, 9.17) is 4.74 Å². The van der Waals surface area contributed by atoms with Gasteiger partial charge in [0.15, 0.2) is 5.01 Å². The molecular formula is C16H19N3O2S. The van der Waals surface area contributed by atoms with Crippen LogP contribution in [-0.2, 0) is 19.4 Å². The average Bonchev–Trinajstić information content (AvgIpc) is 2.84. The van der Waals surface area contributed by atoms with Gasteiger partial charge in [-0.1, -0.05) is 12.1 Å². The van der Waals surface area contributed by atoms with Crippen molar-refractivity contribution in [1.82, 2.24) is 15.6 Å². The molecule has 0 unspecified atom stereocenters. The molecule has 1 aliphatic heterocycles. The summed E-state index contributed by atoms with van der Waals surface area (Å²) in [6, 6.07) is 7.67. The van der Waals surface area contributed by atoms with Crippen molar-refractivity contribution >= 4 is 17.2 Å². The molecule has 0 fully saturated rings. The fourth-order valence-corrected chi connectivity index (χ4v) is 3.43. The number of methoxy groups -OCH3 is 1. The van der Waals surface area contributed by atoms with Crippen molar-refractivity contribution in [3.8, 4) is 5.75 Å². The molecule has 0 spiro atoms. The number of nitrogens with zero attached hydrogens (tertiary/aromatic N) is 1. The van der Waals surface area contributed by atoms with Gasteiger partial charge in [0.25, 0.3) is 5.91 Å². The van der Waals surface area contributed by atoms with Crippen molar-refractivity contribution in [2.75, 3.05) is 20.2 Å². The number of amides is 1. The zero-order chi connectivity index (χ0) is 15.4. The number of rotatable bonds is 4. The van der Waals surface area contributed by atoms with E-state index in [2.05, 4.69) is 15.6 Å². The summed E-state index contributed by atoms with van der Waals surface area (Å²) in [5, 5.41) is 6.84. The van der Waals surface area contributed by atoms with Gasteiger partial charge in [-0.25, -0.2) is 4.98 Å². The Hall–Kier alpha value is -1.92. The van der Waals surface area contributed by atoms with Gasteiger partial charge in [0.1, 0.15) is 5.75 Å². The molecule has 0 saturated heterocycles. The highest BCUT2D eigenvalue weighted by Crippen LogP contribution is 2.21. The second-order valence-corrected chi connectivity index (χ2v) is 6.25. The van der Waals surface area contributed by atoms with Gasteiger partial charge >= 0.3 is 0 Å². The average molecular weight is 317 g/mol. The molecule has 2 heterocycles. The Labute approximate surface area is 133 Å². The molecule has 3 rings (SSSR count). The quantitative estimate of drug-likeness (QED) is 0.902. The van der Waals surface area contributed by atoms with Crippen molar-refractivity contribution in [2.45, 2.75) is 19.4 Å². The summed E-state index contributed by atoms with van der Waals surface area (Å²) >= 11 is 1.51. The molecule has 2 N–H and O–H groups in total. The van der Waals surface area contributed by atoms with E-state index in [1.807, 2.05) is 24.3 Å². The summed E-state index contributed by atoms with van der Waals surface area (Å²) in [6.45, 7) is 2.39. The van der Waals surface area contributed by atoms with Gasteiger partial charge in [0.05, 0.1) is 12.8 Å². The summed E-state index contributed by atoms with van der Waals surface area (Å²) < 4.78 is 5.12. The fourth-order valence-electron chi connectivity index (χ4n) is 2.41. The molecule has 1 amide bonds. The predicted octanol–water partition coefficient (Wildman–Crippen LogP) is 1.77. The van der Waals surface area contributed by atoms with Crippen LogP contribution in [0.4, 0.5) is 0 Å². The second-order valence-electron chi connectivity index (χ2n) is 5.17. The molecule has 2 aromatic rings. The van der Waals surface area contributed by atoms with Crippen LogP contribution in [0.25, 0.3) is 0 Å². The first-order chi connectivity index (χ1) is 10.8. The molecule has 0 aliphatic carbocycles. The lowest BCUT2D eigenvalue weighted by molar-refractivity contribution is 0.0950. The van der Waals surface area contributed by atoms with E-state index in [9.17, 15) is 4.79 Å². The number of nitrogens with one attached hydrogen (secondary N) is 2. The Morgan fingerprint density at radius 3 is 2.86 bits per heavy atom. The largest absolute Gasteiger partial charge is 0.497 e. The SMILES string of the molecule is COc1ccc(CNC(=O)c2nc3c(s2)CCNCC3)cc1. The summed E-state index contributed by atoms with van der Waals surface area (Å²) in [6.07, 6.45) is 1.86. The minimum atomic E-state index is -0.0955. The molecule has 6 heteroatoms. The standard InChI is InChI=1S/C16H19N3O2S/c1-21-12-4-2-11(3-5-12)10-18-15(20)16-19-13-6-8-17-9-7-14(13)22-16/h2-5,17H,6-10H2,1H3,(H,18,20). The second kappa shape index (κ2) is 6.89. The maximum absolute atomic E-state index is 12.2. The highest BCUT2D eigenvalue weighted by molar-refractivity contribution is 7.13. The lowest BCUT2D eigenvalue weighted by atomic mass is 10.2. The number of fused-ring (bicyclic) bond motifs is 1. The minimum absolute atomic E-state index is 0.0955. The number of hydrogen-bond donors (Lipinski definition) is 2. The number of benzene rings is 1. The summed E-state index contributed by atoms with van der Waals surface area (Å²) in [5.41, 5.74) is 2.11. The number of hydrogen-bond acceptors (Lipinski definition) is 5. The predicted molar refractivity (Wildman–Crippen MR) is 86.6 cm³/mol. The summed E-state index contributed by atoms with van der Waals surface area (Å²) in [4.78, 5) is 18.0. The molecule has 0 radical (unpaired) electrons. The Morgan fingerprint density at radius 2 is 2.09 bits per heavy atom. The molecule has 116 valence electrons. The molecule has 0 atom stereocenters. The number of thiazole rings is 1. The van der Waals surface area contributed by atoms with Crippen LogP contribution < -0.4 is 15.4 Å². The summed E-state index contributed by atoms with van der Waals surface area (Å²) in [7, 11) is 1.64. The van der Waals surface area contributed by atoms with Crippen LogP contribution in [0, 0.1) is 0 Å². The van der Waals surface area contributed by atoms with Crippen LogP contribution in [0.1, 0.15) is 25.9 Å². The van der Waals surface area contributed by atoms with Crippen LogP contribution in [0.2, 0.25) is 0 Å². The monoisotopic (exact) mass is 317 g/mol. The third kappa shape index (κ3) is 3.45. The van der Waals surface area contributed by atoms with E-state index in [-0.39, 0.29) is 5.91 Å². The van der Waals surface area contributed by atoms with Crippen LogP contribution in [0.15, 0.2) is 24.3 Å². The van der Waals surface area contributed by atoms with Gasteiger partial charge in [0.2, 0.25) is 0 Å². The Bertz CT molecular complexity index is 628. The molecule has 0 saturated carbocycles. The zero-order valence-corrected chi connectivity index (χ0v) is 13.3. The maximum Gasteiger partial charge on any atom is 0.280 e. The highest BCUT2D eigenvalue weighted by atomic mass is 32.1. The van der Waals surface area contributed by atoms with Gasteiger partial charge in [0, 0.05) is 30.9 Å². The van der Waals surface area contributed by atoms with E-state index < -0.39 is 0 Å². The van der Waals surface area contributed by atoms with Crippen molar-refractivity contribution in [3.05, 3.63) is 45.4 Å². The first-order valence-electron chi connectivity index (χ1n) is 7.36. The molecule has 1 aromatic carbocycles. The van der Waals surface area contributed by atoms with Crippen molar-refractivity contribution in [2.24, 2.45) is 0 Å². The van der Waals surface area contributed by atoms with E-state index >= 15 is 0 Å². The van der Waals surface area contributed by atoms with E-state index in [1.54, 1.807) is 7.11 Å². The Kier molecular flexibility index (Phi) is 4.70. The number of carbonyl (C=O) groups excluding carboxylic acids is 1. The van der Waals surface area contributed by atoms with Crippen molar-refractivity contribution in [1.29, 1.82) is 0 Å². The van der Waals surface area contributed by atoms with E-state index in [1.165, 1.54) is 16.2 Å². The normalized spacial score (nSPS) is 14.0. The van der Waals surface area contributed by atoms with Gasteiger partial charge in [-0.3, -0.25) is 4.79 Å². The van der Waals surface area contributed by atoms with Crippen molar-refractivity contribution < 1.29 is 9.53 Å². The smallest absolute Gasteiger partial charge is 0.280 e. The molecule has 1 aromatic heterocycles. The Morgan fingerprint density at radius 1 is 1.32 bits per heavy atom. The first kappa shape index (κ1) is 15.0. The lowest BCUT2D eigenvalue weighted by Crippen LogP contribution is -2.23. The van der Waals surface area contributed by atoms with Gasteiger partial charge in [-0.2, -0.15) is 0 Å². The van der Waals surface area contributed by atoms with Gasteiger partial charge in [-0.05, 0) is 24.1 Å². The molecule has 0 bridgehead atoms. The molecule has 1 aliphatic rings. The Balaban J connectivity index is 1.61. The number of carbonyl (C=O) groups is 1. The van der Waals surface area contributed by atoms with Crippen LogP contribution in [0.5, 0.6) is 5.75 Å². The molecular weight excluding hydrogens is 298 g/mol. The minimum Gasteiger partial charge on any atom is -0.497 e. The first-order valence-corrected chi connectivity index (χ1v) is 8.18. The van der Waals surface area contributed by atoms with Gasteiger partial charge < -0.3 is 15.4 Å². The number of ether oxygens (including phenoxy) is 1. The third-order valence-corrected chi connectivity index (χ3v) is 4.81. The topological polar surface area (TPSA) is 63.2 Å². The van der Waals surface area contributed by atoms with Crippen molar-refractivity contribution in [3.63, 3.8) is 0 Å². The fraction of sp³-hybridized carbons (Fsp3) is 0.375. The lowest BCUT2D eigenvalue weighted by Gasteiger charge is -2.05. The summed E-state index contributed by atoms with van der Waals surface area (Å²) in [5.74, 6) is 0.717. The number of aromatic nitrogens is 1. The molecule has 5 nitrogen and oxygen atoms in total. The maximum atomic E-state index is 12.2. The third-order valence-electron chi connectivity index (χ3n) is 3.65. The van der Waals surface area contributed by atoms with E-state index in [0.29, 0.717) is 11.6 Å².